The molecule has 0 aliphatic heterocycles. The predicted molar refractivity (Wildman–Crippen MR) is 62.9 cm³/mol. The van der Waals surface area contributed by atoms with Crippen LogP contribution in [0.2, 0.25) is 0 Å². The topological polar surface area (TPSA) is 55.6 Å². The Morgan fingerprint density at radius 2 is 2.11 bits per heavy atom. The highest BCUT2D eigenvalue weighted by Crippen LogP contribution is 2.29. The summed E-state index contributed by atoms with van der Waals surface area (Å²) in [5.74, 6) is -0.500. The zero-order valence-electron chi connectivity index (χ0n) is 10.6. The molecule has 1 rings (SSSR count). The van der Waals surface area contributed by atoms with Gasteiger partial charge < -0.3 is 5.73 Å². The smallest absolute Gasteiger partial charge is 0.320 e. The van der Waals surface area contributed by atoms with Crippen LogP contribution in [0.4, 0.5) is 13.2 Å². The number of hydrogen-bond acceptors (Lipinski definition) is 3. The van der Waals surface area contributed by atoms with Crippen molar-refractivity contribution in [1.29, 1.82) is 0 Å². The van der Waals surface area contributed by atoms with E-state index in [1.165, 1.54) is 26.3 Å². The zero-order chi connectivity index (χ0) is 14.6. The van der Waals surface area contributed by atoms with Crippen molar-refractivity contribution in [1.82, 2.24) is 5.06 Å². The standard InChI is InChI=1S/C12H15F3N2O2/c1-17(19-2)11(18)10(16)7-8-4-3-5-9(6-8)12(13,14)15/h3-6,10H,7,16H2,1-2H3. The largest absolute Gasteiger partial charge is 0.416 e. The molecular formula is C12H15F3N2O2. The third-order valence-corrected chi connectivity index (χ3v) is 2.61. The number of nitrogens with zero attached hydrogens (tertiary/aromatic N) is 1. The van der Waals surface area contributed by atoms with Gasteiger partial charge in [0, 0.05) is 7.05 Å². The number of carbonyl (C=O) groups excluding carboxylic acids is 1. The Labute approximate surface area is 108 Å². The van der Waals surface area contributed by atoms with E-state index in [1.54, 1.807) is 0 Å². The molecule has 0 bridgehead atoms. The molecule has 0 aliphatic carbocycles. The Morgan fingerprint density at radius 1 is 1.47 bits per heavy atom. The molecule has 0 heterocycles. The van der Waals surface area contributed by atoms with Gasteiger partial charge in [-0.3, -0.25) is 9.63 Å². The number of benzene rings is 1. The van der Waals surface area contributed by atoms with E-state index < -0.39 is 23.7 Å². The maximum Gasteiger partial charge on any atom is 0.416 e. The van der Waals surface area contributed by atoms with Crippen LogP contribution < -0.4 is 5.73 Å². The Balaban J connectivity index is 2.80. The lowest BCUT2D eigenvalue weighted by Gasteiger charge is -2.19. The minimum atomic E-state index is -4.41. The molecule has 1 unspecified atom stereocenters. The molecule has 0 aromatic heterocycles. The van der Waals surface area contributed by atoms with Crippen molar-refractivity contribution in [3.05, 3.63) is 35.4 Å². The molecule has 0 saturated carbocycles. The van der Waals surface area contributed by atoms with Crippen molar-refractivity contribution in [2.24, 2.45) is 5.73 Å². The number of alkyl halides is 3. The van der Waals surface area contributed by atoms with Crippen LogP contribution in [0.1, 0.15) is 11.1 Å². The fourth-order valence-electron chi connectivity index (χ4n) is 1.54. The van der Waals surface area contributed by atoms with Gasteiger partial charge in [0.2, 0.25) is 0 Å². The van der Waals surface area contributed by atoms with Gasteiger partial charge in [-0.25, -0.2) is 5.06 Å². The van der Waals surface area contributed by atoms with E-state index in [9.17, 15) is 18.0 Å². The Kier molecular flexibility index (Phi) is 4.90. The second kappa shape index (κ2) is 6.03. The van der Waals surface area contributed by atoms with E-state index in [2.05, 4.69) is 4.84 Å². The normalized spacial score (nSPS) is 13.2. The van der Waals surface area contributed by atoms with Gasteiger partial charge in [0.1, 0.15) is 0 Å². The molecular weight excluding hydrogens is 261 g/mol. The van der Waals surface area contributed by atoms with Gasteiger partial charge in [-0.1, -0.05) is 18.2 Å². The summed E-state index contributed by atoms with van der Waals surface area (Å²) in [7, 11) is 2.68. The number of nitrogens with two attached hydrogens (primary N) is 1. The van der Waals surface area contributed by atoms with E-state index in [-0.39, 0.29) is 6.42 Å². The number of amides is 1. The summed E-state index contributed by atoms with van der Waals surface area (Å²) in [6, 6.07) is 3.79. The van der Waals surface area contributed by atoms with Gasteiger partial charge >= 0.3 is 6.18 Å². The second-order valence-electron chi connectivity index (χ2n) is 4.03. The molecule has 0 fully saturated rings. The molecule has 0 radical (unpaired) electrons. The molecule has 1 atom stereocenters. The Bertz CT molecular complexity index is 449. The number of halogens is 3. The van der Waals surface area contributed by atoms with Crippen LogP contribution in [-0.2, 0) is 22.2 Å². The van der Waals surface area contributed by atoms with Crippen molar-refractivity contribution in [3.8, 4) is 0 Å². The van der Waals surface area contributed by atoms with Gasteiger partial charge in [0.15, 0.2) is 0 Å². The third-order valence-electron chi connectivity index (χ3n) is 2.61. The molecule has 1 aromatic rings. The molecule has 0 spiro atoms. The van der Waals surface area contributed by atoms with Crippen molar-refractivity contribution in [3.63, 3.8) is 0 Å². The number of rotatable bonds is 4. The van der Waals surface area contributed by atoms with Crippen LogP contribution in [0, 0.1) is 0 Å². The first-order valence-corrected chi connectivity index (χ1v) is 5.49. The van der Waals surface area contributed by atoms with E-state index >= 15 is 0 Å². The first kappa shape index (κ1) is 15.5. The quantitative estimate of drug-likeness (QED) is 0.850. The third kappa shape index (κ3) is 4.22. The highest BCUT2D eigenvalue weighted by Gasteiger charge is 2.30. The Morgan fingerprint density at radius 3 is 2.63 bits per heavy atom. The minimum absolute atomic E-state index is 0.0104. The number of carbonyl (C=O) groups is 1. The molecule has 0 saturated heterocycles. The molecule has 1 amide bonds. The maximum absolute atomic E-state index is 12.5. The van der Waals surface area contributed by atoms with Gasteiger partial charge in [0.25, 0.3) is 5.91 Å². The number of hydroxylamine groups is 2. The molecule has 106 valence electrons. The van der Waals surface area contributed by atoms with Crippen LogP contribution in [0.25, 0.3) is 0 Å². The fourth-order valence-corrected chi connectivity index (χ4v) is 1.54. The second-order valence-corrected chi connectivity index (χ2v) is 4.03. The van der Waals surface area contributed by atoms with Gasteiger partial charge in [-0.05, 0) is 18.1 Å². The minimum Gasteiger partial charge on any atom is -0.320 e. The van der Waals surface area contributed by atoms with Crippen molar-refractivity contribution in [2.45, 2.75) is 18.6 Å². The van der Waals surface area contributed by atoms with Crippen molar-refractivity contribution >= 4 is 5.91 Å². The van der Waals surface area contributed by atoms with Crippen LogP contribution >= 0.6 is 0 Å². The van der Waals surface area contributed by atoms with Crippen LogP contribution in [0.3, 0.4) is 0 Å². The number of hydrogen-bond donors (Lipinski definition) is 1. The Hall–Kier alpha value is -1.60. The van der Waals surface area contributed by atoms with Crippen molar-refractivity contribution < 1.29 is 22.8 Å². The van der Waals surface area contributed by atoms with Gasteiger partial charge in [-0.2, -0.15) is 13.2 Å². The lowest BCUT2D eigenvalue weighted by Crippen LogP contribution is -2.42. The summed E-state index contributed by atoms with van der Waals surface area (Å²) >= 11 is 0. The summed E-state index contributed by atoms with van der Waals surface area (Å²) in [5, 5.41) is 0.943. The number of likely N-dealkylation sites (N-methyl/N-ethyl adjacent to an activating group) is 1. The monoisotopic (exact) mass is 276 g/mol. The van der Waals surface area contributed by atoms with Gasteiger partial charge in [-0.15, -0.1) is 0 Å². The van der Waals surface area contributed by atoms with E-state index in [1.807, 2.05) is 0 Å². The summed E-state index contributed by atoms with van der Waals surface area (Å²) in [6.45, 7) is 0. The van der Waals surface area contributed by atoms with E-state index in [4.69, 9.17) is 5.73 Å². The summed E-state index contributed by atoms with van der Waals surface area (Å²) in [6.07, 6.45) is -4.40. The summed E-state index contributed by atoms with van der Waals surface area (Å²) in [5.41, 5.74) is 5.22. The molecule has 0 aliphatic rings. The SMILES string of the molecule is CON(C)C(=O)C(N)Cc1cccc(C(F)(F)F)c1. The average Bonchev–Trinajstić information content (AvgIpc) is 2.36. The van der Waals surface area contributed by atoms with E-state index in [0.717, 1.165) is 17.2 Å². The highest BCUT2D eigenvalue weighted by atomic mass is 19.4. The molecule has 7 heteroatoms. The highest BCUT2D eigenvalue weighted by molar-refractivity contribution is 5.80. The van der Waals surface area contributed by atoms with Gasteiger partial charge in [0.05, 0.1) is 18.7 Å². The molecule has 1 aromatic carbocycles. The van der Waals surface area contributed by atoms with E-state index in [0.29, 0.717) is 5.56 Å². The van der Waals surface area contributed by atoms with Crippen LogP contribution in [0.5, 0.6) is 0 Å². The first-order chi connectivity index (χ1) is 8.75. The fraction of sp³-hybridized carbons (Fsp3) is 0.417. The van der Waals surface area contributed by atoms with Crippen molar-refractivity contribution in [2.75, 3.05) is 14.2 Å². The lowest BCUT2D eigenvalue weighted by atomic mass is 10.0. The lowest BCUT2D eigenvalue weighted by molar-refractivity contribution is -0.170. The van der Waals surface area contributed by atoms with Crippen LogP contribution in [-0.4, -0.2) is 31.2 Å². The zero-order valence-corrected chi connectivity index (χ0v) is 10.6. The average molecular weight is 276 g/mol. The summed E-state index contributed by atoms with van der Waals surface area (Å²) in [4.78, 5) is 16.3. The molecule has 4 nitrogen and oxygen atoms in total. The first-order valence-electron chi connectivity index (χ1n) is 5.49. The molecule has 2 N–H and O–H groups in total. The predicted octanol–water partition coefficient (Wildman–Crippen LogP) is 1.59. The van der Waals surface area contributed by atoms with Crippen LogP contribution in [0.15, 0.2) is 24.3 Å². The molecule has 19 heavy (non-hydrogen) atoms. The summed E-state index contributed by atoms with van der Waals surface area (Å²) < 4.78 is 37.6. The maximum atomic E-state index is 12.5.